The molecule has 0 spiro atoms. The van der Waals surface area contributed by atoms with E-state index in [2.05, 4.69) is 0 Å². The largest absolute Gasteiger partial charge is 0.493 e. The zero-order chi connectivity index (χ0) is 13.4. The highest BCUT2D eigenvalue weighted by Crippen LogP contribution is 2.36. The van der Waals surface area contributed by atoms with Crippen LogP contribution in [0, 0.1) is 0 Å². The van der Waals surface area contributed by atoms with Crippen molar-refractivity contribution in [3.05, 3.63) is 22.7 Å². The number of aliphatic hydroxyl groups excluding tert-OH is 1. The SMILES string of the molecule is COc1cc(CN)cc(Cl)c1OCCCCCO. The highest BCUT2D eigenvalue weighted by molar-refractivity contribution is 6.32. The zero-order valence-corrected chi connectivity index (χ0v) is 11.4. The van der Waals surface area contributed by atoms with Gasteiger partial charge in [-0.15, -0.1) is 0 Å². The number of halogens is 1. The van der Waals surface area contributed by atoms with Crippen LogP contribution >= 0.6 is 11.6 Å². The topological polar surface area (TPSA) is 64.7 Å². The minimum Gasteiger partial charge on any atom is -0.493 e. The highest BCUT2D eigenvalue weighted by atomic mass is 35.5. The fraction of sp³-hybridized carbons (Fsp3) is 0.538. The standard InChI is InChI=1S/C13H20ClNO3/c1-17-12-8-10(9-15)7-11(14)13(12)18-6-4-2-3-5-16/h7-8,16H,2-6,9,15H2,1H3. The van der Waals surface area contributed by atoms with Crippen molar-refractivity contribution < 1.29 is 14.6 Å². The van der Waals surface area contributed by atoms with Crippen LogP contribution < -0.4 is 15.2 Å². The lowest BCUT2D eigenvalue weighted by Crippen LogP contribution is -2.03. The van der Waals surface area contributed by atoms with Crippen LogP contribution in [0.15, 0.2) is 12.1 Å². The maximum Gasteiger partial charge on any atom is 0.179 e. The molecule has 5 heteroatoms. The lowest BCUT2D eigenvalue weighted by atomic mass is 10.2. The van der Waals surface area contributed by atoms with E-state index in [1.54, 1.807) is 13.2 Å². The van der Waals surface area contributed by atoms with E-state index in [0.29, 0.717) is 29.7 Å². The molecular weight excluding hydrogens is 254 g/mol. The first-order chi connectivity index (χ1) is 8.72. The van der Waals surface area contributed by atoms with Crippen LogP contribution in [-0.2, 0) is 6.54 Å². The molecule has 0 radical (unpaired) electrons. The summed E-state index contributed by atoms with van der Waals surface area (Å²) in [6, 6.07) is 3.61. The minimum absolute atomic E-state index is 0.218. The Hall–Kier alpha value is -0.970. The van der Waals surface area contributed by atoms with Crippen molar-refractivity contribution in [2.45, 2.75) is 25.8 Å². The highest BCUT2D eigenvalue weighted by Gasteiger charge is 2.11. The van der Waals surface area contributed by atoms with E-state index >= 15 is 0 Å². The number of hydrogen-bond acceptors (Lipinski definition) is 4. The molecule has 0 unspecified atom stereocenters. The van der Waals surface area contributed by atoms with Gasteiger partial charge in [0, 0.05) is 13.2 Å². The van der Waals surface area contributed by atoms with Crippen molar-refractivity contribution in [1.29, 1.82) is 0 Å². The maximum absolute atomic E-state index is 8.67. The summed E-state index contributed by atoms with van der Waals surface area (Å²) in [5, 5.41) is 9.18. The third kappa shape index (κ3) is 4.37. The molecule has 102 valence electrons. The van der Waals surface area contributed by atoms with Gasteiger partial charge in [-0.25, -0.2) is 0 Å². The molecule has 0 amide bonds. The van der Waals surface area contributed by atoms with Crippen LogP contribution in [0.4, 0.5) is 0 Å². The predicted octanol–water partition coefficient (Wildman–Crippen LogP) is 2.35. The Labute approximate surface area is 113 Å². The van der Waals surface area contributed by atoms with Gasteiger partial charge in [0.15, 0.2) is 11.5 Å². The second kappa shape index (κ2) is 8.19. The van der Waals surface area contributed by atoms with Gasteiger partial charge in [0.1, 0.15) is 0 Å². The van der Waals surface area contributed by atoms with E-state index in [9.17, 15) is 0 Å². The Morgan fingerprint density at radius 3 is 2.67 bits per heavy atom. The number of aliphatic hydroxyl groups is 1. The average Bonchev–Trinajstić information content (AvgIpc) is 2.39. The molecule has 18 heavy (non-hydrogen) atoms. The molecule has 1 aromatic carbocycles. The number of hydrogen-bond donors (Lipinski definition) is 2. The summed E-state index contributed by atoms with van der Waals surface area (Å²) in [7, 11) is 1.57. The molecule has 0 aliphatic heterocycles. The molecule has 0 aliphatic rings. The van der Waals surface area contributed by atoms with Crippen molar-refractivity contribution in [1.82, 2.24) is 0 Å². The van der Waals surface area contributed by atoms with Crippen molar-refractivity contribution in [2.75, 3.05) is 20.3 Å². The van der Waals surface area contributed by atoms with Crippen LogP contribution in [0.1, 0.15) is 24.8 Å². The Morgan fingerprint density at radius 2 is 2.06 bits per heavy atom. The number of rotatable bonds is 8. The van der Waals surface area contributed by atoms with Gasteiger partial charge in [-0.05, 0) is 37.0 Å². The molecule has 0 aliphatic carbocycles. The minimum atomic E-state index is 0.218. The van der Waals surface area contributed by atoms with Gasteiger partial charge in [-0.2, -0.15) is 0 Å². The molecule has 0 fully saturated rings. The monoisotopic (exact) mass is 273 g/mol. The summed E-state index contributed by atoms with van der Waals surface area (Å²) in [6.07, 6.45) is 2.59. The number of ether oxygens (including phenoxy) is 2. The number of methoxy groups -OCH3 is 1. The third-order valence-electron chi connectivity index (χ3n) is 2.57. The molecule has 0 heterocycles. The van der Waals surface area contributed by atoms with E-state index in [-0.39, 0.29) is 6.61 Å². The Morgan fingerprint density at radius 1 is 1.28 bits per heavy atom. The van der Waals surface area contributed by atoms with Crippen molar-refractivity contribution in [3.63, 3.8) is 0 Å². The molecule has 0 saturated carbocycles. The molecule has 1 aromatic rings. The zero-order valence-electron chi connectivity index (χ0n) is 10.6. The summed E-state index contributed by atoms with van der Waals surface area (Å²) in [4.78, 5) is 0. The van der Waals surface area contributed by atoms with Gasteiger partial charge in [-0.3, -0.25) is 0 Å². The first-order valence-corrected chi connectivity index (χ1v) is 6.40. The fourth-order valence-corrected chi connectivity index (χ4v) is 1.88. The Balaban J connectivity index is 2.63. The second-order valence-electron chi connectivity index (χ2n) is 3.95. The lowest BCUT2D eigenvalue weighted by molar-refractivity contribution is 0.260. The van der Waals surface area contributed by atoms with Crippen LogP contribution in [0.3, 0.4) is 0 Å². The van der Waals surface area contributed by atoms with Crippen molar-refractivity contribution in [2.24, 2.45) is 5.73 Å². The summed E-state index contributed by atoms with van der Waals surface area (Å²) in [6.45, 7) is 1.18. The molecule has 0 atom stereocenters. The maximum atomic E-state index is 8.67. The molecule has 0 aromatic heterocycles. The second-order valence-corrected chi connectivity index (χ2v) is 4.35. The Bertz CT molecular complexity index is 371. The average molecular weight is 274 g/mol. The quantitative estimate of drug-likeness (QED) is 0.714. The number of benzene rings is 1. The van der Waals surface area contributed by atoms with Crippen molar-refractivity contribution >= 4 is 11.6 Å². The van der Waals surface area contributed by atoms with Crippen molar-refractivity contribution in [3.8, 4) is 11.5 Å². The molecular formula is C13H20ClNO3. The first kappa shape index (κ1) is 15.1. The van der Waals surface area contributed by atoms with Gasteiger partial charge in [0.2, 0.25) is 0 Å². The van der Waals surface area contributed by atoms with E-state index in [1.807, 2.05) is 6.07 Å². The predicted molar refractivity (Wildman–Crippen MR) is 72.3 cm³/mol. The van der Waals surface area contributed by atoms with Gasteiger partial charge in [0.25, 0.3) is 0 Å². The molecule has 0 bridgehead atoms. The smallest absolute Gasteiger partial charge is 0.179 e. The lowest BCUT2D eigenvalue weighted by Gasteiger charge is -2.13. The molecule has 1 rings (SSSR count). The number of unbranched alkanes of at least 4 members (excludes halogenated alkanes) is 2. The summed E-state index contributed by atoms with van der Waals surface area (Å²) in [5.74, 6) is 1.16. The molecule has 0 saturated heterocycles. The summed E-state index contributed by atoms with van der Waals surface area (Å²) >= 11 is 6.13. The summed E-state index contributed by atoms with van der Waals surface area (Å²) in [5.41, 5.74) is 6.48. The summed E-state index contributed by atoms with van der Waals surface area (Å²) < 4.78 is 10.9. The van der Waals surface area contributed by atoms with Gasteiger partial charge in [0.05, 0.1) is 18.7 Å². The van der Waals surface area contributed by atoms with E-state index < -0.39 is 0 Å². The number of nitrogens with two attached hydrogens (primary N) is 1. The van der Waals surface area contributed by atoms with Crippen LogP contribution in [0.25, 0.3) is 0 Å². The normalized spacial score (nSPS) is 10.4. The van der Waals surface area contributed by atoms with Crippen LogP contribution in [0.5, 0.6) is 11.5 Å². The van der Waals surface area contributed by atoms with Crippen LogP contribution in [-0.4, -0.2) is 25.4 Å². The van der Waals surface area contributed by atoms with Gasteiger partial charge >= 0.3 is 0 Å². The van der Waals surface area contributed by atoms with E-state index in [1.165, 1.54) is 0 Å². The van der Waals surface area contributed by atoms with Crippen LogP contribution in [0.2, 0.25) is 5.02 Å². The first-order valence-electron chi connectivity index (χ1n) is 6.03. The Kier molecular flexibility index (Phi) is 6.86. The van der Waals surface area contributed by atoms with Gasteiger partial charge in [-0.1, -0.05) is 11.6 Å². The third-order valence-corrected chi connectivity index (χ3v) is 2.85. The van der Waals surface area contributed by atoms with E-state index in [0.717, 1.165) is 24.8 Å². The molecule has 4 nitrogen and oxygen atoms in total. The fourth-order valence-electron chi connectivity index (χ4n) is 1.60. The van der Waals surface area contributed by atoms with Gasteiger partial charge < -0.3 is 20.3 Å². The van der Waals surface area contributed by atoms with E-state index in [4.69, 9.17) is 31.9 Å². The molecule has 3 N–H and O–H groups in total.